The second-order valence-electron chi connectivity index (χ2n) is 4.48. The van der Waals surface area contributed by atoms with Gasteiger partial charge in [0.1, 0.15) is 5.76 Å². The number of hydrogen-bond acceptors (Lipinski definition) is 4. The van der Waals surface area contributed by atoms with Gasteiger partial charge in [0.2, 0.25) is 0 Å². The van der Waals surface area contributed by atoms with Gasteiger partial charge in [0.25, 0.3) is 0 Å². The highest BCUT2D eigenvalue weighted by molar-refractivity contribution is 7.91. The molecule has 2 amide bonds. The van der Waals surface area contributed by atoms with Crippen molar-refractivity contribution < 1.29 is 17.6 Å². The first kappa shape index (κ1) is 12.9. The van der Waals surface area contributed by atoms with Crippen LogP contribution in [-0.2, 0) is 16.4 Å². The molecule has 0 spiro atoms. The normalized spacial score (nSPS) is 21.7. The molecule has 100 valence electrons. The van der Waals surface area contributed by atoms with E-state index in [1.807, 2.05) is 0 Å². The van der Waals surface area contributed by atoms with E-state index in [0.29, 0.717) is 18.7 Å². The molecule has 0 radical (unpaired) electrons. The van der Waals surface area contributed by atoms with Crippen molar-refractivity contribution in [1.29, 1.82) is 0 Å². The fourth-order valence-corrected chi connectivity index (χ4v) is 3.58. The van der Waals surface area contributed by atoms with Crippen LogP contribution in [0.4, 0.5) is 4.79 Å². The summed E-state index contributed by atoms with van der Waals surface area (Å²) in [6.45, 7) is 0.359. The molecule has 6 nitrogen and oxygen atoms in total. The monoisotopic (exact) mass is 272 g/mol. The van der Waals surface area contributed by atoms with Gasteiger partial charge in [0, 0.05) is 13.1 Å². The highest BCUT2D eigenvalue weighted by Gasteiger charge is 2.29. The summed E-state index contributed by atoms with van der Waals surface area (Å²) in [5.41, 5.74) is 0. The molecule has 7 heteroatoms. The van der Waals surface area contributed by atoms with Gasteiger partial charge in [0.05, 0.1) is 24.3 Å². The van der Waals surface area contributed by atoms with Crippen molar-refractivity contribution in [3.8, 4) is 0 Å². The zero-order valence-corrected chi connectivity index (χ0v) is 10.9. The molecule has 2 heterocycles. The second-order valence-corrected chi connectivity index (χ2v) is 6.71. The Balaban J connectivity index is 1.85. The van der Waals surface area contributed by atoms with Crippen LogP contribution < -0.4 is 5.32 Å². The van der Waals surface area contributed by atoms with Crippen LogP contribution in [-0.4, -0.2) is 43.9 Å². The average Bonchev–Trinajstić information content (AvgIpc) is 2.88. The average molecular weight is 272 g/mol. The summed E-state index contributed by atoms with van der Waals surface area (Å²) >= 11 is 0. The van der Waals surface area contributed by atoms with E-state index >= 15 is 0 Å². The van der Waals surface area contributed by atoms with Crippen molar-refractivity contribution in [3.05, 3.63) is 24.2 Å². The molecule has 1 unspecified atom stereocenters. The molecule has 1 aromatic rings. The Morgan fingerprint density at radius 2 is 2.39 bits per heavy atom. The summed E-state index contributed by atoms with van der Waals surface area (Å²) in [5.74, 6) is 0.874. The lowest BCUT2D eigenvalue weighted by atomic mass is 10.3. The van der Waals surface area contributed by atoms with Crippen LogP contribution in [0.1, 0.15) is 12.2 Å². The van der Waals surface area contributed by atoms with Crippen molar-refractivity contribution in [2.24, 2.45) is 0 Å². The Hall–Kier alpha value is -1.50. The van der Waals surface area contributed by atoms with Crippen LogP contribution in [0.5, 0.6) is 0 Å². The van der Waals surface area contributed by atoms with Crippen molar-refractivity contribution >= 4 is 15.9 Å². The van der Waals surface area contributed by atoms with Gasteiger partial charge in [-0.2, -0.15) is 0 Å². The molecule has 1 aliphatic rings. The molecule has 0 bridgehead atoms. The third-order valence-corrected chi connectivity index (χ3v) is 4.65. The zero-order valence-electron chi connectivity index (χ0n) is 10.1. The summed E-state index contributed by atoms with van der Waals surface area (Å²) in [6.07, 6.45) is 2.04. The molecule has 0 aromatic carbocycles. The second kappa shape index (κ2) is 5.01. The van der Waals surface area contributed by atoms with Gasteiger partial charge in [-0.15, -0.1) is 0 Å². The maximum absolute atomic E-state index is 11.8. The number of furan rings is 1. The molecule has 1 fully saturated rings. The third kappa shape index (κ3) is 3.25. The lowest BCUT2D eigenvalue weighted by molar-refractivity contribution is 0.200. The summed E-state index contributed by atoms with van der Waals surface area (Å²) in [6, 6.07) is 2.98. The van der Waals surface area contributed by atoms with Crippen molar-refractivity contribution in [2.45, 2.75) is 19.0 Å². The molecule has 2 rings (SSSR count). The van der Waals surface area contributed by atoms with Crippen LogP contribution in [0.2, 0.25) is 0 Å². The van der Waals surface area contributed by atoms with E-state index in [-0.39, 0.29) is 23.6 Å². The van der Waals surface area contributed by atoms with E-state index in [0.717, 1.165) is 0 Å². The quantitative estimate of drug-likeness (QED) is 0.874. The summed E-state index contributed by atoms with van der Waals surface area (Å²) in [7, 11) is -1.33. The molecular weight excluding hydrogens is 256 g/mol. The Morgan fingerprint density at radius 3 is 2.94 bits per heavy atom. The molecule has 1 aliphatic heterocycles. The van der Waals surface area contributed by atoms with Gasteiger partial charge in [-0.25, -0.2) is 13.2 Å². The smallest absolute Gasteiger partial charge is 0.317 e. The SMILES string of the molecule is CN(Cc1ccco1)C(=O)NC1CCS(=O)(=O)C1. The Labute approximate surface area is 106 Å². The van der Waals surface area contributed by atoms with Crippen molar-refractivity contribution in [3.63, 3.8) is 0 Å². The van der Waals surface area contributed by atoms with Crippen molar-refractivity contribution in [2.75, 3.05) is 18.6 Å². The number of carbonyl (C=O) groups excluding carboxylic acids is 1. The van der Waals surface area contributed by atoms with Crippen LogP contribution >= 0.6 is 0 Å². The molecule has 0 saturated carbocycles. The molecule has 18 heavy (non-hydrogen) atoms. The van der Waals surface area contributed by atoms with E-state index in [4.69, 9.17) is 4.42 Å². The van der Waals surface area contributed by atoms with Crippen LogP contribution in [0.25, 0.3) is 0 Å². The lowest BCUT2D eigenvalue weighted by Gasteiger charge is -2.19. The Kier molecular flexibility index (Phi) is 3.60. The van der Waals surface area contributed by atoms with Gasteiger partial charge < -0.3 is 14.6 Å². The number of carbonyl (C=O) groups is 1. The first-order chi connectivity index (χ1) is 8.46. The Bertz CT molecular complexity index is 509. The van der Waals surface area contributed by atoms with Crippen molar-refractivity contribution in [1.82, 2.24) is 10.2 Å². The standard InChI is InChI=1S/C11H16N2O4S/c1-13(7-10-3-2-5-17-10)11(14)12-9-4-6-18(15,16)8-9/h2-3,5,9H,4,6-8H2,1H3,(H,12,14). The minimum Gasteiger partial charge on any atom is -0.467 e. The first-order valence-corrected chi connectivity index (χ1v) is 7.53. The predicted octanol–water partition coefficient (Wildman–Crippen LogP) is 0.608. The minimum absolute atomic E-state index is 0.0351. The number of nitrogens with one attached hydrogen (secondary N) is 1. The maximum atomic E-state index is 11.8. The number of urea groups is 1. The van der Waals surface area contributed by atoms with E-state index in [9.17, 15) is 13.2 Å². The number of amides is 2. The highest BCUT2D eigenvalue weighted by Crippen LogP contribution is 2.12. The summed E-state index contributed by atoms with van der Waals surface area (Å²) < 4.78 is 27.7. The highest BCUT2D eigenvalue weighted by atomic mass is 32.2. The maximum Gasteiger partial charge on any atom is 0.317 e. The molecule has 1 aromatic heterocycles. The molecule has 1 atom stereocenters. The van der Waals surface area contributed by atoms with E-state index < -0.39 is 9.84 Å². The zero-order chi connectivity index (χ0) is 13.2. The van der Waals surface area contributed by atoms with Gasteiger partial charge >= 0.3 is 6.03 Å². The van der Waals surface area contributed by atoms with Gasteiger partial charge in [0.15, 0.2) is 9.84 Å². The number of hydrogen-bond donors (Lipinski definition) is 1. The van der Waals surface area contributed by atoms with Crippen LogP contribution in [0, 0.1) is 0 Å². The molecule has 1 saturated heterocycles. The fraction of sp³-hybridized carbons (Fsp3) is 0.545. The fourth-order valence-electron chi connectivity index (χ4n) is 1.90. The summed E-state index contributed by atoms with van der Waals surface area (Å²) in [4.78, 5) is 13.3. The molecule has 0 aliphatic carbocycles. The predicted molar refractivity (Wildman–Crippen MR) is 65.8 cm³/mol. The van der Waals surface area contributed by atoms with E-state index in [2.05, 4.69) is 5.32 Å². The number of nitrogens with zero attached hydrogens (tertiary/aromatic N) is 1. The number of rotatable bonds is 3. The van der Waals surface area contributed by atoms with Crippen LogP contribution in [0.3, 0.4) is 0 Å². The lowest BCUT2D eigenvalue weighted by Crippen LogP contribution is -2.43. The largest absolute Gasteiger partial charge is 0.467 e. The summed E-state index contributed by atoms with van der Waals surface area (Å²) in [5, 5.41) is 2.71. The van der Waals surface area contributed by atoms with Gasteiger partial charge in [-0.05, 0) is 18.6 Å². The molecule has 1 N–H and O–H groups in total. The molecular formula is C11H16N2O4S. The van der Waals surface area contributed by atoms with Crippen LogP contribution in [0.15, 0.2) is 22.8 Å². The van der Waals surface area contributed by atoms with Gasteiger partial charge in [-0.1, -0.05) is 0 Å². The van der Waals surface area contributed by atoms with E-state index in [1.165, 1.54) is 4.90 Å². The number of sulfone groups is 1. The Morgan fingerprint density at radius 1 is 1.61 bits per heavy atom. The minimum atomic E-state index is -2.97. The van der Waals surface area contributed by atoms with Gasteiger partial charge in [-0.3, -0.25) is 0 Å². The first-order valence-electron chi connectivity index (χ1n) is 5.71. The van der Waals surface area contributed by atoms with E-state index in [1.54, 1.807) is 25.4 Å². The topological polar surface area (TPSA) is 79.6 Å². The third-order valence-electron chi connectivity index (χ3n) is 2.88.